The summed E-state index contributed by atoms with van der Waals surface area (Å²) >= 11 is 0. The van der Waals surface area contributed by atoms with Crippen LogP contribution < -0.4 is 10.6 Å². The molecule has 0 saturated heterocycles. The fourth-order valence-electron chi connectivity index (χ4n) is 1.97. The number of halogens is 1. The fourth-order valence-corrected chi connectivity index (χ4v) is 1.97. The van der Waals surface area contributed by atoms with Crippen molar-refractivity contribution in [2.45, 2.75) is 26.4 Å². The lowest BCUT2D eigenvalue weighted by Crippen LogP contribution is -2.37. The van der Waals surface area contributed by atoms with Gasteiger partial charge in [0.2, 0.25) is 0 Å². The van der Waals surface area contributed by atoms with E-state index in [9.17, 15) is 0 Å². The molecule has 0 amide bonds. The van der Waals surface area contributed by atoms with Crippen LogP contribution in [-0.4, -0.2) is 34.3 Å². The molecule has 22 heavy (non-hydrogen) atoms. The van der Waals surface area contributed by atoms with Crippen molar-refractivity contribution in [2.24, 2.45) is 4.99 Å². The predicted octanol–water partition coefficient (Wildman–Crippen LogP) is 1.96. The van der Waals surface area contributed by atoms with Crippen molar-refractivity contribution in [3.05, 3.63) is 48.0 Å². The van der Waals surface area contributed by atoms with E-state index in [1.165, 1.54) is 0 Å². The Hall–Kier alpha value is -1.64. The van der Waals surface area contributed by atoms with E-state index in [0.29, 0.717) is 6.54 Å². The van der Waals surface area contributed by atoms with Crippen LogP contribution in [0.2, 0.25) is 0 Å². The quantitative estimate of drug-likeness (QED) is 0.328. The van der Waals surface area contributed by atoms with Gasteiger partial charge in [0, 0.05) is 38.2 Å². The first-order valence-corrected chi connectivity index (χ1v) is 7.12. The number of hydrogen-bond donors (Lipinski definition) is 2. The van der Waals surface area contributed by atoms with E-state index < -0.39 is 0 Å². The Kier molecular flexibility index (Phi) is 8.49. The van der Waals surface area contributed by atoms with Crippen molar-refractivity contribution in [3.8, 4) is 0 Å². The van der Waals surface area contributed by atoms with Crippen LogP contribution in [-0.2, 0) is 13.1 Å². The summed E-state index contributed by atoms with van der Waals surface area (Å²) in [4.78, 5) is 8.66. The van der Waals surface area contributed by atoms with Crippen molar-refractivity contribution in [3.63, 3.8) is 0 Å². The van der Waals surface area contributed by atoms with Gasteiger partial charge in [-0.1, -0.05) is 6.07 Å². The van der Waals surface area contributed by atoms with Gasteiger partial charge in [0.1, 0.15) is 0 Å². The molecule has 0 aliphatic heterocycles. The normalized spacial score (nSPS) is 10.9. The molecule has 2 aromatic rings. The first-order chi connectivity index (χ1) is 10.3. The Labute approximate surface area is 148 Å². The van der Waals surface area contributed by atoms with Crippen molar-refractivity contribution in [2.75, 3.05) is 13.6 Å². The third-order valence-electron chi connectivity index (χ3n) is 3.02. The Bertz CT molecular complexity index is 567. The van der Waals surface area contributed by atoms with Crippen molar-refractivity contribution >= 4 is 29.9 Å². The summed E-state index contributed by atoms with van der Waals surface area (Å²) in [6.45, 7) is 4.41. The van der Waals surface area contributed by atoms with Crippen LogP contribution in [0.3, 0.4) is 0 Å². The zero-order valence-electron chi connectivity index (χ0n) is 13.0. The molecule has 2 aromatic heterocycles. The minimum Gasteiger partial charge on any atom is -0.356 e. The molecule has 0 radical (unpaired) electrons. The van der Waals surface area contributed by atoms with Crippen LogP contribution in [0.15, 0.2) is 41.7 Å². The topological polar surface area (TPSA) is 67.1 Å². The number of nitrogens with one attached hydrogen (secondary N) is 2. The summed E-state index contributed by atoms with van der Waals surface area (Å²) < 4.78 is 1.93. The zero-order chi connectivity index (χ0) is 14.9. The van der Waals surface area contributed by atoms with E-state index in [-0.39, 0.29) is 24.0 Å². The maximum Gasteiger partial charge on any atom is 0.191 e. The Morgan fingerprint density at radius 2 is 2.14 bits per heavy atom. The number of aromatic nitrogens is 3. The molecule has 6 nitrogen and oxygen atoms in total. The van der Waals surface area contributed by atoms with E-state index in [1.54, 1.807) is 13.2 Å². The molecule has 120 valence electrons. The number of hydrogen-bond acceptors (Lipinski definition) is 3. The molecular weight excluding hydrogens is 391 g/mol. The molecule has 0 spiro atoms. The molecule has 0 bridgehead atoms. The molecule has 0 atom stereocenters. The van der Waals surface area contributed by atoms with Gasteiger partial charge in [0.25, 0.3) is 0 Å². The molecular formula is C15H23IN6. The van der Waals surface area contributed by atoms with E-state index >= 15 is 0 Å². The number of pyridine rings is 1. The predicted molar refractivity (Wildman–Crippen MR) is 99.4 cm³/mol. The summed E-state index contributed by atoms with van der Waals surface area (Å²) in [5, 5.41) is 10.7. The fraction of sp³-hybridized carbons (Fsp3) is 0.400. The second-order valence-corrected chi connectivity index (χ2v) is 4.75. The minimum absolute atomic E-state index is 0. The summed E-state index contributed by atoms with van der Waals surface area (Å²) in [5.74, 6) is 0.791. The summed E-state index contributed by atoms with van der Waals surface area (Å²) in [7, 11) is 1.77. The highest BCUT2D eigenvalue weighted by molar-refractivity contribution is 14.0. The molecule has 0 aromatic carbocycles. The minimum atomic E-state index is 0. The number of aliphatic imine (C=N–C) groups is 1. The van der Waals surface area contributed by atoms with Gasteiger partial charge in [-0.3, -0.25) is 14.7 Å². The maximum absolute atomic E-state index is 4.45. The monoisotopic (exact) mass is 414 g/mol. The van der Waals surface area contributed by atoms with Crippen LogP contribution in [0, 0.1) is 6.92 Å². The Balaban J connectivity index is 0.00000242. The van der Waals surface area contributed by atoms with Gasteiger partial charge in [-0.2, -0.15) is 5.10 Å². The Morgan fingerprint density at radius 3 is 2.82 bits per heavy atom. The SMILES string of the molecule is CN=C(NCCCn1cccn1)NCc1cccc(C)n1.I. The second-order valence-electron chi connectivity index (χ2n) is 4.75. The molecule has 2 N–H and O–H groups in total. The lowest BCUT2D eigenvalue weighted by Gasteiger charge is -2.11. The smallest absolute Gasteiger partial charge is 0.191 e. The standard InChI is InChI=1S/C15H22N6.HI/c1-13-6-3-7-14(20-13)12-18-15(16-2)17-8-4-10-21-11-5-9-19-21;/h3,5-7,9,11H,4,8,10,12H2,1-2H3,(H2,16,17,18);1H. The van der Waals surface area contributed by atoms with Crippen LogP contribution in [0.4, 0.5) is 0 Å². The van der Waals surface area contributed by atoms with Crippen LogP contribution in [0.5, 0.6) is 0 Å². The van der Waals surface area contributed by atoms with Gasteiger partial charge in [-0.05, 0) is 31.5 Å². The largest absolute Gasteiger partial charge is 0.356 e. The van der Waals surface area contributed by atoms with Gasteiger partial charge in [-0.25, -0.2) is 0 Å². The van der Waals surface area contributed by atoms with E-state index in [0.717, 1.165) is 36.9 Å². The highest BCUT2D eigenvalue weighted by atomic mass is 127. The summed E-state index contributed by atoms with van der Waals surface area (Å²) in [5.41, 5.74) is 2.03. The number of nitrogens with zero attached hydrogens (tertiary/aromatic N) is 4. The second kappa shape index (κ2) is 10.1. The van der Waals surface area contributed by atoms with Crippen LogP contribution in [0.1, 0.15) is 17.8 Å². The molecule has 7 heteroatoms. The third kappa shape index (κ3) is 6.42. The van der Waals surface area contributed by atoms with Crippen molar-refractivity contribution in [1.29, 1.82) is 0 Å². The van der Waals surface area contributed by atoms with Gasteiger partial charge in [0.15, 0.2) is 5.96 Å². The molecule has 0 fully saturated rings. The van der Waals surface area contributed by atoms with Crippen LogP contribution >= 0.6 is 24.0 Å². The van der Waals surface area contributed by atoms with E-state index in [4.69, 9.17) is 0 Å². The lowest BCUT2D eigenvalue weighted by molar-refractivity contribution is 0.570. The Morgan fingerprint density at radius 1 is 1.27 bits per heavy atom. The lowest BCUT2D eigenvalue weighted by atomic mass is 10.3. The molecule has 0 aliphatic carbocycles. The molecule has 0 saturated carbocycles. The highest BCUT2D eigenvalue weighted by Crippen LogP contribution is 1.97. The third-order valence-corrected chi connectivity index (χ3v) is 3.02. The molecule has 2 rings (SSSR count). The number of guanidine groups is 1. The van der Waals surface area contributed by atoms with E-state index in [1.807, 2.05) is 42.1 Å². The number of rotatable bonds is 6. The van der Waals surface area contributed by atoms with Crippen molar-refractivity contribution in [1.82, 2.24) is 25.4 Å². The summed E-state index contributed by atoms with van der Waals surface area (Å²) in [6, 6.07) is 7.94. The highest BCUT2D eigenvalue weighted by Gasteiger charge is 1.99. The van der Waals surface area contributed by atoms with Gasteiger partial charge < -0.3 is 10.6 Å². The molecule has 2 heterocycles. The molecule has 0 aliphatic rings. The van der Waals surface area contributed by atoms with Gasteiger partial charge >= 0.3 is 0 Å². The van der Waals surface area contributed by atoms with Crippen LogP contribution in [0.25, 0.3) is 0 Å². The molecule has 0 unspecified atom stereocenters. The average molecular weight is 414 g/mol. The van der Waals surface area contributed by atoms with Gasteiger partial charge in [-0.15, -0.1) is 24.0 Å². The van der Waals surface area contributed by atoms with Gasteiger partial charge in [0.05, 0.1) is 12.2 Å². The maximum atomic E-state index is 4.45. The first-order valence-electron chi connectivity index (χ1n) is 7.12. The average Bonchev–Trinajstić information content (AvgIpc) is 3.00. The van der Waals surface area contributed by atoms with E-state index in [2.05, 4.69) is 25.7 Å². The number of aryl methyl sites for hydroxylation is 2. The summed E-state index contributed by atoms with van der Waals surface area (Å²) in [6.07, 6.45) is 4.75. The zero-order valence-corrected chi connectivity index (χ0v) is 15.3. The first kappa shape index (κ1) is 18.4. The van der Waals surface area contributed by atoms with Crippen molar-refractivity contribution < 1.29 is 0 Å².